The van der Waals surface area contributed by atoms with Crippen LogP contribution in [0.5, 0.6) is 0 Å². The van der Waals surface area contributed by atoms with Crippen LogP contribution in [0.2, 0.25) is 0 Å². The van der Waals surface area contributed by atoms with Crippen molar-refractivity contribution in [2.75, 3.05) is 20.1 Å². The molecule has 2 nitrogen and oxygen atoms in total. The van der Waals surface area contributed by atoms with E-state index in [0.717, 1.165) is 6.54 Å². The van der Waals surface area contributed by atoms with Crippen LogP contribution in [-0.4, -0.2) is 31.1 Å². The summed E-state index contributed by atoms with van der Waals surface area (Å²) in [6.07, 6.45) is 1.22. The predicted molar refractivity (Wildman–Crippen MR) is 64.1 cm³/mol. The first-order valence-electron chi connectivity index (χ1n) is 5.69. The summed E-state index contributed by atoms with van der Waals surface area (Å²) >= 11 is 0. The van der Waals surface area contributed by atoms with E-state index in [1.54, 1.807) is 0 Å². The van der Waals surface area contributed by atoms with E-state index in [4.69, 9.17) is 5.32 Å². The minimum Gasteiger partial charge on any atom is -0.652 e. The summed E-state index contributed by atoms with van der Waals surface area (Å²) in [6.45, 7) is 4.50. The molecule has 0 aromatic heterocycles. The molecule has 2 atom stereocenters. The first-order valence-corrected chi connectivity index (χ1v) is 5.69. The molecule has 82 valence electrons. The van der Waals surface area contributed by atoms with Gasteiger partial charge in [0.15, 0.2) is 0 Å². The van der Waals surface area contributed by atoms with Gasteiger partial charge in [0.25, 0.3) is 0 Å². The van der Waals surface area contributed by atoms with E-state index in [9.17, 15) is 0 Å². The van der Waals surface area contributed by atoms with Crippen molar-refractivity contribution in [3.05, 3.63) is 41.2 Å². The van der Waals surface area contributed by atoms with Crippen LogP contribution in [-0.2, 0) is 0 Å². The summed E-state index contributed by atoms with van der Waals surface area (Å²) in [5.74, 6) is 0. The topological polar surface area (TPSA) is 17.3 Å². The Labute approximate surface area is 111 Å². The van der Waals surface area contributed by atoms with Gasteiger partial charge in [-0.15, -0.1) is 12.1 Å². The third-order valence-electron chi connectivity index (χ3n) is 3.08. The Bertz CT molecular complexity index is 302. The molecule has 0 spiro atoms. The minimum atomic E-state index is 0. The van der Waals surface area contributed by atoms with E-state index in [0.29, 0.717) is 12.1 Å². The van der Waals surface area contributed by atoms with Gasteiger partial charge in [0.05, 0.1) is 0 Å². The van der Waals surface area contributed by atoms with Crippen LogP contribution in [0.4, 0.5) is 0 Å². The second-order valence-corrected chi connectivity index (χ2v) is 4.44. The van der Waals surface area contributed by atoms with Gasteiger partial charge in [0.2, 0.25) is 0 Å². The fourth-order valence-electron chi connectivity index (χ4n) is 2.17. The van der Waals surface area contributed by atoms with Crippen molar-refractivity contribution in [1.82, 2.24) is 4.90 Å². The number of hydrogen-bond donors (Lipinski definition) is 0. The molecule has 1 heterocycles. The molecule has 1 saturated heterocycles. The number of likely N-dealkylation sites (tertiary alicyclic amines) is 1. The van der Waals surface area contributed by atoms with Gasteiger partial charge in [-0.3, -0.25) is 0 Å². The molecular formula is C13H19LiN2. The first kappa shape index (κ1) is 13.8. The van der Waals surface area contributed by atoms with Crippen molar-refractivity contribution in [3.8, 4) is 0 Å². The zero-order valence-corrected chi connectivity index (χ0v) is 10.6. The number of rotatable bonds is 3. The van der Waals surface area contributed by atoms with Crippen LogP contribution in [0.3, 0.4) is 0 Å². The zero-order chi connectivity index (χ0) is 10.7. The van der Waals surface area contributed by atoms with Crippen LogP contribution in [0.15, 0.2) is 30.3 Å². The summed E-state index contributed by atoms with van der Waals surface area (Å²) in [4.78, 5) is 2.35. The van der Waals surface area contributed by atoms with Crippen molar-refractivity contribution in [1.29, 1.82) is 0 Å². The fraction of sp³-hybridized carbons (Fsp3) is 0.538. The Morgan fingerprint density at radius 1 is 1.31 bits per heavy atom. The summed E-state index contributed by atoms with van der Waals surface area (Å²) in [7, 11) is 2.17. The average Bonchev–Trinajstić information content (AvgIpc) is 2.65. The molecule has 1 aliphatic rings. The number of likely N-dealkylation sites (N-methyl/N-ethyl adjacent to an activating group) is 1. The third kappa shape index (κ3) is 3.64. The predicted octanol–water partition coefficient (Wildman–Crippen LogP) is -0.171. The molecule has 3 heteroatoms. The van der Waals surface area contributed by atoms with Gasteiger partial charge in [-0.1, -0.05) is 49.2 Å². The first-order chi connectivity index (χ1) is 7.25. The second-order valence-electron chi connectivity index (χ2n) is 4.44. The molecule has 1 aromatic carbocycles. The molecular weight excluding hydrogens is 191 g/mol. The van der Waals surface area contributed by atoms with E-state index < -0.39 is 0 Å². The van der Waals surface area contributed by atoms with E-state index >= 15 is 0 Å². The molecule has 1 fully saturated rings. The van der Waals surface area contributed by atoms with Crippen LogP contribution >= 0.6 is 0 Å². The third-order valence-corrected chi connectivity index (χ3v) is 3.08. The Kier molecular flexibility index (Phi) is 5.58. The van der Waals surface area contributed by atoms with Gasteiger partial charge < -0.3 is 10.2 Å². The van der Waals surface area contributed by atoms with Gasteiger partial charge in [-0.2, -0.15) is 0 Å². The van der Waals surface area contributed by atoms with Crippen molar-refractivity contribution >= 4 is 0 Å². The molecule has 0 amide bonds. The SMILES string of the molecule is C[C@H]([N-][C@H]1CCN(C)C1)c1ccccc1.[Li+]. The molecule has 0 radical (unpaired) electrons. The molecule has 0 saturated carbocycles. The molecule has 2 rings (SSSR count). The Balaban J connectivity index is 0.00000128. The van der Waals surface area contributed by atoms with Gasteiger partial charge in [-0.25, -0.2) is 0 Å². The average molecular weight is 210 g/mol. The molecule has 1 aliphatic heterocycles. The van der Waals surface area contributed by atoms with E-state index in [1.807, 2.05) is 0 Å². The Morgan fingerprint density at radius 2 is 2.00 bits per heavy atom. The maximum absolute atomic E-state index is 4.85. The maximum Gasteiger partial charge on any atom is 1.00 e. The number of benzene rings is 1. The normalized spacial score (nSPS) is 22.8. The molecule has 0 aliphatic carbocycles. The van der Waals surface area contributed by atoms with Crippen molar-refractivity contribution in [2.24, 2.45) is 0 Å². The van der Waals surface area contributed by atoms with Crippen LogP contribution < -0.4 is 18.9 Å². The number of hydrogen-bond acceptors (Lipinski definition) is 1. The van der Waals surface area contributed by atoms with E-state index in [1.165, 1.54) is 18.5 Å². The second kappa shape index (κ2) is 6.47. The molecule has 0 bridgehead atoms. The van der Waals surface area contributed by atoms with Gasteiger partial charge in [-0.05, 0) is 20.1 Å². The Hall–Kier alpha value is -0.263. The number of nitrogens with zero attached hydrogens (tertiary/aromatic N) is 2. The van der Waals surface area contributed by atoms with E-state index in [2.05, 4.69) is 49.2 Å². The minimum absolute atomic E-state index is 0. The molecule has 16 heavy (non-hydrogen) atoms. The monoisotopic (exact) mass is 210 g/mol. The zero-order valence-electron chi connectivity index (χ0n) is 10.6. The summed E-state index contributed by atoms with van der Waals surface area (Å²) in [5.41, 5.74) is 1.33. The van der Waals surface area contributed by atoms with Crippen LogP contribution in [0.1, 0.15) is 24.9 Å². The molecule has 1 aromatic rings. The standard InChI is InChI=1S/C13H19N2.Li/c1-11(12-6-4-3-5-7-12)14-13-8-9-15(2)10-13;/h3-7,11,13H,8-10H2,1-2H3;/q-1;+1/t11-,13-;/m0./s1. The van der Waals surface area contributed by atoms with Crippen molar-refractivity contribution < 1.29 is 18.9 Å². The van der Waals surface area contributed by atoms with Gasteiger partial charge in [0.1, 0.15) is 0 Å². The molecule has 0 unspecified atom stereocenters. The van der Waals surface area contributed by atoms with Crippen molar-refractivity contribution in [2.45, 2.75) is 25.4 Å². The Morgan fingerprint density at radius 3 is 2.56 bits per heavy atom. The largest absolute Gasteiger partial charge is 1.00 e. The molecule has 0 N–H and O–H groups in total. The van der Waals surface area contributed by atoms with Crippen molar-refractivity contribution in [3.63, 3.8) is 0 Å². The van der Waals surface area contributed by atoms with Gasteiger partial charge >= 0.3 is 18.9 Å². The smallest absolute Gasteiger partial charge is 0.652 e. The maximum atomic E-state index is 4.85. The summed E-state index contributed by atoms with van der Waals surface area (Å²) in [6, 6.07) is 11.4. The quantitative estimate of drug-likeness (QED) is 0.633. The van der Waals surface area contributed by atoms with Crippen LogP contribution in [0.25, 0.3) is 5.32 Å². The summed E-state index contributed by atoms with van der Waals surface area (Å²) in [5, 5.41) is 4.85. The van der Waals surface area contributed by atoms with Gasteiger partial charge in [0, 0.05) is 0 Å². The summed E-state index contributed by atoms with van der Waals surface area (Å²) < 4.78 is 0. The van der Waals surface area contributed by atoms with E-state index in [-0.39, 0.29) is 18.9 Å². The fourth-order valence-corrected chi connectivity index (χ4v) is 2.17. The van der Waals surface area contributed by atoms with Crippen LogP contribution in [0, 0.1) is 0 Å².